The molecule has 0 fully saturated rings. The van der Waals surface area contributed by atoms with Crippen LogP contribution >= 0.6 is 0 Å². The maximum atomic E-state index is 12.6. The molecule has 4 N–H and O–H groups in total. The lowest BCUT2D eigenvalue weighted by molar-refractivity contribution is -0.130. The highest BCUT2D eigenvalue weighted by Gasteiger charge is 2.27. The molecule has 0 heterocycles. The number of aliphatic hydroxyl groups excluding tert-OH is 2. The topological polar surface area (TPSA) is 124 Å². The third-order valence-electron chi connectivity index (χ3n) is 9.74. The first-order chi connectivity index (χ1) is 24.2. The molecule has 0 radical (unpaired) electrons. The van der Waals surface area contributed by atoms with Crippen LogP contribution < -0.4 is 5.32 Å². The second kappa shape index (κ2) is 36.2. The molecule has 50 heavy (non-hydrogen) atoms. The van der Waals surface area contributed by atoms with Crippen LogP contribution in [-0.2, 0) is 14.9 Å². The molecule has 0 aromatic heterocycles. The van der Waals surface area contributed by atoms with Crippen LogP contribution in [0.4, 0.5) is 0 Å². The monoisotopic (exact) mass is 728 g/mol. The Morgan fingerprint density at radius 3 is 1.32 bits per heavy atom. The zero-order valence-corrected chi connectivity index (χ0v) is 33.5. The van der Waals surface area contributed by atoms with E-state index in [2.05, 4.69) is 31.3 Å². The number of unbranched alkanes of at least 4 members (excludes halogenated alkanes) is 27. The van der Waals surface area contributed by atoms with Crippen LogP contribution in [0.25, 0.3) is 0 Å². The standard InChI is InChI=1S/C42H81NO6S/c1-3-5-7-9-11-13-15-17-18-19-20-21-22-23-25-27-29-31-33-35-37-41(45)42(46)43-39(38-50(47,48)49)40(44)36-34-32-30-28-26-24-16-14-12-10-8-6-4-2/h26,28,34,36,39-41,44-45H,3-25,27,29-33,35,37-38H2,1-2H3,(H,43,46)(H,47,48,49)/b28-26+,36-34+. The Kier molecular flexibility index (Phi) is 35.3. The van der Waals surface area contributed by atoms with Crippen LogP contribution in [0, 0.1) is 0 Å². The van der Waals surface area contributed by atoms with Crippen LogP contribution in [-0.4, -0.2) is 53.1 Å². The first kappa shape index (κ1) is 48.8. The Labute approximate surface area is 309 Å². The molecule has 0 aromatic carbocycles. The van der Waals surface area contributed by atoms with Gasteiger partial charge in [0, 0.05) is 0 Å². The van der Waals surface area contributed by atoms with E-state index in [-0.39, 0.29) is 6.42 Å². The zero-order valence-electron chi connectivity index (χ0n) is 32.6. The summed E-state index contributed by atoms with van der Waals surface area (Å²) < 4.78 is 32.5. The summed E-state index contributed by atoms with van der Waals surface area (Å²) in [6.45, 7) is 4.50. The van der Waals surface area contributed by atoms with Crippen molar-refractivity contribution in [3.05, 3.63) is 24.3 Å². The van der Waals surface area contributed by atoms with E-state index in [1.807, 2.05) is 0 Å². The van der Waals surface area contributed by atoms with Crippen molar-refractivity contribution in [3.63, 3.8) is 0 Å². The fraction of sp³-hybridized carbons (Fsp3) is 0.881. The lowest BCUT2D eigenvalue weighted by Crippen LogP contribution is -2.50. The zero-order chi connectivity index (χ0) is 37.0. The van der Waals surface area contributed by atoms with Gasteiger partial charge in [-0.1, -0.05) is 205 Å². The smallest absolute Gasteiger partial charge is 0.267 e. The first-order valence-electron chi connectivity index (χ1n) is 21.1. The number of rotatable bonds is 38. The summed E-state index contributed by atoms with van der Waals surface area (Å²) in [7, 11) is -4.45. The number of amides is 1. The lowest BCUT2D eigenvalue weighted by Gasteiger charge is -2.22. The Morgan fingerprint density at radius 1 is 0.540 bits per heavy atom. The molecule has 1 amide bonds. The number of hydrogen-bond acceptors (Lipinski definition) is 5. The molecule has 296 valence electrons. The molecule has 0 spiro atoms. The second-order valence-corrected chi connectivity index (χ2v) is 16.3. The Morgan fingerprint density at radius 2 is 0.900 bits per heavy atom. The summed E-state index contributed by atoms with van der Waals surface area (Å²) in [6.07, 6.45) is 42.4. The molecule has 0 aromatic rings. The molecule has 8 heteroatoms. The van der Waals surface area contributed by atoms with Crippen molar-refractivity contribution in [2.75, 3.05) is 5.75 Å². The van der Waals surface area contributed by atoms with Crippen molar-refractivity contribution in [1.29, 1.82) is 0 Å². The fourth-order valence-electron chi connectivity index (χ4n) is 6.47. The van der Waals surface area contributed by atoms with Crippen LogP contribution in [0.15, 0.2) is 24.3 Å². The number of allylic oxidation sites excluding steroid dienone is 3. The quantitative estimate of drug-likeness (QED) is 0.0285. The van der Waals surface area contributed by atoms with Crippen molar-refractivity contribution in [3.8, 4) is 0 Å². The Hall–Kier alpha value is -1.22. The van der Waals surface area contributed by atoms with Gasteiger partial charge in [0.15, 0.2) is 0 Å². The van der Waals surface area contributed by atoms with Crippen molar-refractivity contribution < 1.29 is 28.0 Å². The number of aliphatic hydroxyl groups is 2. The molecule has 3 unspecified atom stereocenters. The van der Waals surface area contributed by atoms with Crippen molar-refractivity contribution in [2.45, 2.75) is 231 Å². The van der Waals surface area contributed by atoms with Gasteiger partial charge in [-0.15, -0.1) is 0 Å². The minimum absolute atomic E-state index is 0.278. The van der Waals surface area contributed by atoms with E-state index in [1.54, 1.807) is 6.08 Å². The predicted octanol–water partition coefficient (Wildman–Crippen LogP) is 11.3. The van der Waals surface area contributed by atoms with Gasteiger partial charge in [0.2, 0.25) is 5.91 Å². The number of hydrogen-bond donors (Lipinski definition) is 4. The van der Waals surface area contributed by atoms with E-state index in [1.165, 1.54) is 154 Å². The van der Waals surface area contributed by atoms with Gasteiger partial charge in [-0.05, 0) is 32.1 Å². The molecule has 0 aliphatic carbocycles. The molecule has 3 atom stereocenters. The van der Waals surface area contributed by atoms with Gasteiger partial charge < -0.3 is 15.5 Å². The third kappa shape index (κ3) is 35.2. The summed E-state index contributed by atoms with van der Waals surface area (Å²) in [5.41, 5.74) is 0. The van der Waals surface area contributed by atoms with E-state index < -0.39 is 40.0 Å². The molecule has 0 aliphatic heterocycles. The molecule has 0 rings (SSSR count). The minimum atomic E-state index is -4.45. The second-order valence-electron chi connectivity index (χ2n) is 14.8. The summed E-state index contributed by atoms with van der Waals surface area (Å²) in [5, 5.41) is 23.4. The minimum Gasteiger partial charge on any atom is -0.387 e. The molecular formula is C42H81NO6S. The summed E-state index contributed by atoms with van der Waals surface area (Å²) in [5.74, 6) is -1.55. The SMILES string of the molecule is CCCCCCCCC/C=C/CC/C=C/C(O)C(CS(=O)(=O)O)NC(=O)C(O)CCCCCCCCCCCCCCCCCCCCCC. The van der Waals surface area contributed by atoms with E-state index in [0.29, 0.717) is 12.8 Å². The van der Waals surface area contributed by atoms with Crippen molar-refractivity contribution in [2.24, 2.45) is 0 Å². The maximum Gasteiger partial charge on any atom is 0.267 e. The van der Waals surface area contributed by atoms with Crippen molar-refractivity contribution >= 4 is 16.0 Å². The van der Waals surface area contributed by atoms with E-state index in [4.69, 9.17) is 0 Å². The average molecular weight is 728 g/mol. The summed E-state index contributed by atoms with van der Waals surface area (Å²) in [4.78, 5) is 12.6. The molecule has 0 saturated carbocycles. The van der Waals surface area contributed by atoms with Crippen molar-refractivity contribution in [1.82, 2.24) is 5.32 Å². The highest BCUT2D eigenvalue weighted by atomic mass is 32.2. The summed E-state index contributed by atoms with van der Waals surface area (Å²) >= 11 is 0. The highest BCUT2D eigenvalue weighted by molar-refractivity contribution is 7.85. The van der Waals surface area contributed by atoms with Gasteiger partial charge in [0.25, 0.3) is 10.1 Å². The number of carbonyl (C=O) groups excluding carboxylic acids is 1. The van der Waals surface area contributed by atoms with Gasteiger partial charge in [-0.3, -0.25) is 9.35 Å². The van der Waals surface area contributed by atoms with E-state index in [0.717, 1.165) is 32.1 Å². The third-order valence-corrected chi connectivity index (χ3v) is 10.5. The van der Waals surface area contributed by atoms with Crippen LogP contribution in [0.2, 0.25) is 0 Å². The molecular weight excluding hydrogens is 647 g/mol. The highest BCUT2D eigenvalue weighted by Crippen LogP contribution is 2.16. The van der Waals surface area contributed by atoms with E-state index in [9.17, 15) is 28.0 Å². The van der Waals surface area contributed by atoms with Gasteiger partial charge in [-0.25, -0.2) is 0 Å². The molecule has 0 bridgehead atoms. The maximum absolute atomic E-state index is 12.6. The van der Waals surface area contributed by atoms with Gasteiger partial charge >= 0.3 is 0 Å². The lowest BCUT2D eigenvalue weighted by atomic mass is 10.0. The number of nitrogens with one attached hydrogen (secondary N) is 1. The van der Waals surface area contributed by atoms with Crippen LogP contribution in [0.3, 0.4) is 0 Å². The Bertz CT molecular complexity index is 906. The van der Waals surface area contributed by atoms with Gasteiger partial charge in [0.1, 0.15) is 6.10 Å². The molecule has 0 aliphatic rings. The molecule has 7 nitrogen and oxygen atoms in total. The largest absolute Gasteiger partial charge is 0.387 e. The molecule has 0 saturated heterocycles. The first-order valence-corrected chi connectivity index (χ1v) is 22.8. The van der Waals surface area contributed by atoms with Crippen LogP contribution in [0.1, 0.15) is 213 Å². The summed E-state index contributed by atoms with van der Waals surface area (Å²) in [6, 6.07) is -1.24. The van der Waals surface area contributed by atoms with Gasteiger partial charge in [-0.2, -0.15) is 8.42 Å². The van der Waals surface area contributed by atoms with Crippen LogP contribution in [0.5, 0.6) is 0 Å². The average Bonchev–Trinajstić information content (AvgIpc) is 3.08. The normalized spacial score (nSPS) is 14.1. The number of carbonyl (C=O) groups is 1. The predicted molar refractivity (Wildman–Crippen MR) is 213 cm³/mol. The van der Waals surface area contributed by atoms with E-state index >= 15 is 0 Å². The van der Waals surface area contributed by atoms with Gasteiger partial charge in [0.05, 0.1) is 17.9 Å². The fourth-order valence-corrected chi connectivity index (χ4v) is 7.21. The Balaban J connectivity index is 3.98.